The molecule has 0 spiro atoms. The molecule has 2 aliphatic heterocycles. The topological polar surface area (TPSA) is 49.4 Å². The van der Waals surface area contributed by atoms with Gasteiger partial charge in [-0.25, -0.2) is 0 Å². The quantitative estimate of drug-likeness (QED) is 0.361. The molecule has 0 saturated carbocycles. The first-order valence-corrected chi connectivity index (χ1v) is 19.6. The fourth-order valence-corrected chi connectivity index (χ4v) is 6.05. The summed E-state index contributed by atoms with van der Waals surface area (Å²) < 4.78 is 25.8. The van der Waals surface area contributed by atoms with Gasteiger partial charge in [-0.3, -0.25) is 4.84 Å². The zero-order chi connectivity index (χ0) is 25.9. The lowest BCUT2D eigenvalue weighted by Gasteiger charge is -2.48. The summed E-state index contributed by atoms with van der Waals surface area (Å²) in [5.41, 5.74) is 1.18. The van der Waals surface area contributed by atoms with E-state index in [1.165, 1.54) is 5.56 Å². The third-order valence-corrected chi connectivity index (χ3v) is 13.4. The van der Waals surface area contributed by atoms with Crippen LogP contribution in [0.5, 0.6) is 0 Å². The molecular weight excluding hydrogens is 474 g/mol. The SMILES string of the molecule is C[C@H]1OC[C@@H](O[Si](C)(C)C(C)(C)C)[C@@H]([C@@H]2C(OCC[Si](C)(C)C)=CCON2Cc2ccccc2)O1. The van der Waals surface area contributed by atoms with Crippen LogP contribution in [0.1, 0.15) is 33.3 Å². The summed E-state index contributed by atoms with van der Waals surface area (Å²) in [4.78, 5) is 6.23. The van der Waals surface area contributed by atoms with Crippen LogP contribution in [0.25, 0.3) is 0 Å². The molecule has 1 saturated heterocycles. The van der Waals surface area contributed by atoms with Crippen molar-refractivity contribution in [1.82, 2.24) is 5.06 Å². The Kier molecular flexibility index (Phi) is 9.45. The number of rotatable bonds is 9. The summed E-state index contributed by atoms with van der Waals surface area (Å²) in [5, 5.41) is 2.11. The molecule has 0 radical (unpaired) electrons. The smallest absolute Gasteiger partial charge is 0.192 e. The van der Waals surface area contributed by atoms with Crippen molar-refractivity contribution in [3.63, 3.8) is 0 Å². The molecular formula is C27H47NO5Si2. The highest BCUT2D eigenvalue weighted by molar-refractivity contribution is 6.76. The van der Waals surface area contributed by atoms with E-state index in [4.69, 9.17) is 23.5 Å². The highest BCUT2D eigenvalue weighted by atomic mass is 28.4. The van der Waals surface area contributed by atoms with E-state index in [0.717, 1.165) is 11.8 Å². The van der Waals surface area contributed by atoms with Crippen LogP contribution in [0.15, 0.2) is 42.2 Å². The predicted molar refractivity (Wildman–Crippen MR) is 146 cm³/mol. The van der Waals surface area contributed by atoms with Gasteiger partial charge in [-0.15, -0.1) is 0 Å². The van der Waals surface area contributed by atoms with Gasteiger partial charge in [0.15, 0.2) is 14.6 Å². The molecule has 0 unspecified atom stereocenters. The normalized spacial score (nSPS) is 26.9. The largest absolute Gasteiger partial charge is 0.497 e. The van der Waals surface area contributed by atoms with E-state index in [0.29, 0.717) is 26.4 Å². The molecule has 0 bridgehead atoms. The van der Waals surface area contributed by atoms with Crippen LogP contribution in [-0.4, -0.2) is 65.8 Å². The second-order valence-corrected chi connectivity index (χ2v) is 22.9. The molecule has 1 fully saturated rings. The standard InChI is InChI=1S/C27H47NO5Si2/c1-21-30-20-24(33-35(8,9)27(2,3)4)26(32-21)25-23(29-17-18-34(5,6)7)15-16-31-28(25)19-22-13-11-10-12-14-22/h10-15,21,24-26H,16-20H2,1-9H3/t21-,24+,25-,26-/m0/s1. The van der Waals surface area contributed by atoms with Crippen LogP contribution in [-0.2, 0) is 30.0 Å². The first-order chi connectivity index (χ1) is 16.3. The van der Waals surface area contributed by atoms with Gasteiger partial charge < -0.3 is 18.6 Å². The molecule has 2 heterocycles. The van der Waals surface area contributed by atoms with Gasteiger partial charge in [0.25, 0.3) is 0 Å². The average molecular weight is 522 g/mol. The fraction of sp³-hybridized carbons (Fsp3) is 0.704. The Morgan fingerprint density at radius 3 is 2.37 bits per heavy atom. The molecule has 0 aliphatic carbocycles. The Bertz CT molecular complexity index is 834. The van der Waals surface area contributed by atoms with Gasteiger partial charge in [0.1, 0.15) is 17.9 Å². The monoisotopic (exact) mass is 521 g/mol. The highest BCUT2D eigenvalue weighted by Gasteiger charge is 2.48. The second kappa shape index (κ2) is 11.6. The number of hydrogen-bond acceptors (Lipinski definition) is 6. The Morgan fingerprint density at radius 1 is 1.06 bits per heavy atom. The van der Waals surface area contributed by atoms with E-state index in [-0.39, 0.29) is 29.6 Å². The van der Waals surface area contributed by atoms with Crippen LogP contribution in [0.3, 0.4) is 0 Å². The van der Waals surface area contributed by atoms with Gasteiger partial charge in [-0.2, -0.15) is 5.06 Å². The lowest BCUT2D eigenvalue weighted by atomic mass is 10.0. The Balaban J connectivity index is 1.91. The molecule has 0 amide bonds. The molecule has 1 aromatic rings. The minimum atomic E-state index is -2.06. The zero-order valence-corrected chi connectivity index (χ0v) is 25.3. The lowest BCUT2D eigenvalue weighted by Crippen LogP contribution is -2.60. The second-order valence-electron chi connectivity index (χ2n) is 12.5. The van der Waals surface area contributed by atoms with E-state index in [9.17, 15) is 0 Å². The number of nitrogens with zero attached hydrogens (tertiary/aromatic N) is 1. The maximum absolute atomic E-state index is 6.89. The summed E-state index contributed by atoms with van der Waals surface area (Å²) in [7, 11) is -3.29. The van der Waals surface area contributed by atoms with Crippen molar-refractivity contribution in [1.29, 1.82) is 0 Å². The van der Waals surface area contributed by atoms with Gasteiger partial charge in [0.2, 0.25) is 0 Å². The zero-order valence-electron chi connectivity index (χ0n) is 23.3. The van der Waals surface area contributed by atoms with Crippen LogP contribution < -0.4 is 0 Å². The Hall–Kier alpha value is -1.01. The Labute approximate surface area is 215 Å². The predicted octanol–water partition coefficient (Wildman–Crippen LogP) is 6.19. The third-order valence-electron chi connectivity index (χ3n) is 7.20. The Morgan fingerprint density at radius 2 is 1.74 bits per heavy atom. The van der Waals surface area contributed by atoms with Crippen LogP contribution >= 0.6 is 0 Å². The molecule has 198 valence electrons. The highest BCUT2D eigenvalue weighted by Crippen LogP contribution is 2.40. The summed E-state index contributed by atoms with van der Waals surface area (Å²) in [6.45, 7) is 22.8. The molecule has 2 aliphatic rings. The molecule has 6 nitrogen and oxygen atoms in total. The van der Waals surface area contributed by atoms with Gasteiger partial charge >= 0.3 is 0 Å². The number of benzene rings is 1. The number of ether oxygens (including phenoxy) is 3. The van der Waals surface area contributed by atoms with Crippen LogP contribution in [0, 0.1) is 0 Å². The van der Waals surface area contributed by atoms with Crippen LogP contribution in [0.2, 0.25) is 43.8 Å². The minimum absolute atomic E-state index is 0.0832. The molecule has 4 atom stereocenters. The molecule has 1 aromatic carbocycles. The van der Waals surface area contributed by atoms with Gasteiger partial charge in [0, 0.05) is 8.07 Å². The van der Waals surface area contributed by atoms with Crippen molar-refractivity contribution in [3.05, 3.63) is 47.7 Å². The van der Waals surface area contributed by atoms with Crippen molar-refractivity contribution in [2.45, 2.75) is 103 Å². The van der Waals surface area contributed by atoms with Gasteiger partial charge in [-0.1, -0.05) is 70.7 Å². The minimum Gasteiger partial charge on any atom is -0.497 e. The van der Waals surface area contributed by atoms with E-state index < -0.39 is 16.4 Å². The maximum atomic E-state index is 6.89. The van der Waals surface area contributed by atoms with Crippen molar-refractivity contribution >= 4 is 16.4 Å². The first kappa shape index (κ1) is 28.6. The van der Waals surface area contributed by atoms with Crippen LogP contribution in [0.4, 0.5) is 0 Å². The molecule has 0 N–H and O–H groups in total. The van der Waals surface area contributed by atoms with E-state index in [2.05, 4.69) is 83.8 Å². The molecule has 0 aromatic heterocycles. The van der Waals surface area contributed by atoms with E-state index >= 15 is 0 Å². The third kappa shape index (κ3) is 7.99. The maximum Gasteiger partial charge on any atom is 0.192 e. The molecule has 3 rings (SSSR count). The van der Waals surface area contributed by atoms with E-state index in [1.807, 2.05) is 18.1 Å². The summed E-state index contributed by atoms with van der Waals surface area (Å²) in [5.74, 6) is 0.924. The van der Waals surface area contributed by atoms with Gasteiger partial charge in [0.05, 0.1) is 32.5 Å². The first-order valence-electron chi connectivity index (χ1n) is 13.0. The number of hydroxylamine groups is 2. The summed E-state index contributed by atoms with van der Waals surface area (Å²) in [6, 6.07) is 11.3. The van der Waals surface area contributed by atoms with Crippen molar-refractivity contribution in [3.8, 4) is 0 Å². The summed E-state index contributed by atoms with van der Waals surface area (Å²) in [6.07, 6.45) is 1.28. The molecule has 35 heavy (non-hydrogen) atoms. The van der Waals surface area contributed by atoms with Crippen molar-refractivity contribution in [2.24, 2.45) is 0 Å². The van der Waals surface area contributed by atoms with Crippen molar-refractivity contribution in [2.75, 3.05) is 19.8 Å². The van der Waals surface area contributed by atoms with E-state index in [1.54, 1.807) is 0 Å². The fourth-order valence-electron chi connectivity index (χ4n) is 4.02. The van der Waals surface area contributed by atoms with Gasteiger partial charge in [-0.05, 0) is 42.7 Å². The van der Waals surface area contributed by atoms with Crippen molar-refractivity contribution < 1.29 is 23.5 Å². The average Bonchev–Trinajstić information content (AvgIpc) is 2.74. The molecule has 8 heteroatoms. The number of hydrogen-bond donors (Lipinski definition) is 0. The summed E-state index contributed by atoms with van der Waals surface area (Å²) >= 11 is 0. The lowest BCUT2D eigenvalue weighted by molar-refractivity contribution is -0.288.